The maximum Gasteiger partial charge on any atom is 0.405 e. The van der Waals surface area contributed by atoms with Gasteiger partial charge in [-0.25, -0.2) is 4.79 Å². The fourth-order valence-electron chi connectivity index (χ4n) is 2.85. The Hall–Kier alpha value is -3.02. The van der Waals surface area contributed by atoms with Gasteiger partial charge in [-0.1, -0.05) is 0 Å². The van der Waals surface area contributed by atoms with Gasteiger partial charge in [0.15, 0.2) is 11.5 Å². The van der Waals surface area contributed by atoms with E-state index in [1.807, 2.05) is 5.32 Å². The molecule has 1 aliphatic heterocycles. The summed E-state index contributed by atoms with van der Waals surface area (Å²) in [6.07, 6.45) is -4.56. The number of imide groups is 1. The van der Waals surface area contributed by atoms with Crippen molar-refractivity contribution < 1.29 is 37.0 Å². The minimum atomic E-state index is -4.56. The van der Waals surface area contributed by atoms with E-state index in [0.29, 0.717) is 43.2 Å². The Kier molecular flexibility index (Phi) is 7.86. The van der Waals surface area contributed by atoms with E-state index < -0.39 is 24.7 Å². The third-order valence-corrected chi connectivity index (χ3v) is 4.36. The van der Waals surface area contributed by atoms with Crippen LogP contribution in [0.25, 0.3) is 0 Å². The summed E-state index contributed by atoms with van der Waals surface area (Å²) in [6, 6.07) is 3.64. The summed E-state index contributed by atoms with van der Waals surface area (Å²) >= 11 is 0. The molecule has 166 valence electrons. The molecule has 0 bridgehead atoms. The fraction of sp³-hybridized carbons (Fsp3) is 0.500. The van der Waals surface area contributed by atoms with E-state index in [-0.39, 0.29) is 12.5 Å². The van der Waals surface area contributed by atoms with Crippen LogP contribution in [0.15, 0.2) is 18.2 Å². The molecule has 0 saturated carbocycles. The van der Waals surface area contributed by atoms with E-state index in [9.17, 15) is 27.6 Å². The van der Waals surface area contributed by atoms with E-state index in [1.165, 1.54) is 14.2 Å². The highest BCUT2D eigenvalue weighted by Gasteiger charge is 2.28. The zero-order valence-electron chi connectivity index (χ0n) is 16.5. The molecule has 1 heterocycles. The van der Waals surface area contributed by atoms with Crippen LogP contribution in [-0.2, 0) is 4.79 Å². The summed E-state index contributed by atoms with van der Waals surface area (Å²) in [6.45, 7) is -0.254. The van der Waals surface area contributed by atoms with Crippen molar-refractivity contribution in [1.82, 2.24) is 20.4 Å². The summed E-state index contributed by atoms with van der Waals surface area (Å²) in [5, 5.41) is 3.41. The molecular weight excluding hydrogens is 409 g/mol. The van der Waals surface area contributed by atoms with Crippen LogP contribution < -0.4 is 20.1 Å². The Bertz CT molecular complexity index is 780. The molecule has 0 aliphatic carbocycles. The molecular formula is C18H23F3N4O5. The highest BCUT2D eigenvalue weighted by molar-refractivity contribution is 5.96. The monoisotopic (exact) mass is 432 g/mol. The number of nitrogens with one attached hydrogen (secondary N) is 2. The van der Waals surface area contributed by atoms with Crippen LogP contribution in [0, 0.1) is 0 Å². The molecule has 0 unspecified atom stereocenters. The third-order valence-electron chi connectivity index (χ3n) is 4.36. The van der Waals surface area contributed by atoms with Crippen molar-refractivity contribution >= 4 is 17.8 Å². The van der Waals surface area contributed by atoms with E-state index in [1.54, 1.807) is 33.3 Å². The molecule has 0 radical (unpaired) electrons. The lowest BCUT2D eigenvalue weighted by Crippen LogP contribution is -2.52. The van der Waals surface area contributed by atoms with Crippen LogP contribution in [0.3, 0.4) is 0 Å². The molecule has 2 N–H and O–H groups in total. The maximum absolute atomic E-state index is 12.7. The van der Waals surface area contributed by atoms with Crippen LogP contribution in [0.1, 0.15) is 10.4 Å². The van der Waals surface area contributed by atoms with Crippen molar-refractivity contribution in [2.75, 3.05) is 53.5 Å². The number of nitrogens with zero attached hydrogens (tertiary/aromatic N) is 2. The van der Waals surface area contributed by atoms with Gasteiger partial charge in [-0.15, -0.1) is 0 Å². The molecule has 30 heavy (non-hydrogen) atoms. The number of rotatable bonds is 6. The Morgan fingerprint density at radius 3 is 2.23 bits per heavy atom. The zero-order valence-corrected chi connectivity index (χ0v) is 16.5. The zero-order chi connectivity index (χ0) is 22.3. The summed E-state index contributed by atoms with van der Waals surface area (Å²) in [5.41, 5.74) is 0.431. The molecule has 4 amide bonds. The van der Waals surface area contributed by atoms with E-state index >= 15 is 0 Å². The van der Waals surface area contributed by atoms with Gasteiger partial charge in [0.05, 0.1) is 20.8 Å². The number of urea groups is 1. The summed E-state index contributed by atoms with van der Waals surface area (Å²) in [5.74, 6) is 0.00698. The van der Waals surface area contributed by atoms with Crippen LogP contribution in [-0.4, -0.2) is 87.3 Å². The Morgan fingerprint density at radius 1 is 1.03 bits per heavy atom. The molecule has 12 heteroatoms. The average molecular weight is 432 g/mol. The molecule has 1 aliphatic rings. The Morgan fingerprint density at radius 2 is 1.67 bits per heavy atom. The van der Waals surface area contributed by atoms with E-state index in [4.69, 9.17) is 9.47 Å². The highest BCUT2D eigenvalue weighted by atomic mass is 19.4. The standard InChI is InChI=1S/C18H23F3N4O5/c1-29-13-4-3-12(9-14(13)30-2)16(27)25-7-5-24(6-8-25)10-15(26)23-17(28)22-11-18(19,20)21/h3-4,9H,5-8,10-11H2,1-2H3,(H2,22,23,26,28). The number of hydrogen-bond acceptors (Lipinski definition) is 6. The second kappa shape index (κ2) is 10.1. The summed E-state index contributed by atoms with van der Waals surface area (Å²) in [4.78, 5) is 39.1. The van der Waals surface area contributed by atoms with Gasteiger partial charge in [0, 0.05) is 31.7 Å². The van der Waals surface area contributed by atoms with Gasteiger partial charge >= 0.3 is 12.2 Å². The number of ether oxygens (including phenoxy) is 2. The largest absolute Gasteiger partial charge is 0.493 e. The van der Waals surface area contributed by atoms with Gasteiger partial charge in [-0.2, -0.15) is 13.2 Å². The van der Waals surface area contributed by atoms with Crippen LogP contribution in [0.2, 0.25) is 0 Å². The second-order valence-corrected chi connectivity index (χ2v) is 6.48. The number of piperazine rings is 1. The van der Waals surface area contributed by atoms with Crippen molar-refractivity contribution in [3.05, 3.63) is 23.8 Å². The lowest BCUT2D eigenvalue weighted by atomic mass is 10.1. The molecule has 9 nitrogen and oxygen atoms in total. The lowest BCUT2D eigenvalue weighted by molar-refractivity contribution is -0.125. The maximum atomic E-state index is 12.7. The number of halogens is 3. The highest BCUT2D eigenvalue weighted by Crippen LogP contribution is 2.28. The Balaban J connectivity index is 1.81. The number of benzene rings is 1. The average Bonchev–Trinajstić information content (AvgIpc) is 2.71. The molecule has 1 fully saturated rings. The molecule has 1 aromatic carbocycles. The van der Waals surface area contributed by atoms with Gasteiger partial charge in [0.2, 0.25) is 5.91 Å². The second-order valence-electron chi connectivity index (χ2n) is 6.48. The van der Waals surface area contributed by atoms with Gasteiger partial charge < -0.3 is 19.7 Å². The van der Waals surface area contributed by atoms with Gasteiger partial charge in [-0.05, 0) is 18.2 Å². The molecule has 0 aromatic heterocycles. The van der Waals surface area contributed by atoms with Gasteiger partial charge in [-0.3, -0.25) is 19.8 Å². The molecule has 0 atom stereocenters. The van der Waals surface area contributed by atoms with Crippen molar-refractivity contribution in [2.24, 2.45) is 0 Å². The smallest absolute Gasteiger partial charge is 0.405 e. The van der Waals surface area contributed by atoms with Crippen LogP contribution >= 0.6 is 0 Å². The fourth-order valence-corrected chi connectivity index (χ4v) is 2.85. The van der Waals surface area contributed by atoms with Crippen LogP contribution in [0.4, 0.5) is 18.0 Å². The molecule has 2 rings (SSSR count). The first-order chi connectivity index (χ1) is 14.1. The molecule has 1 aromatic rings. The van der Waals surface area contributed by atoms with E-state index in [2.05, 4.69) is 0 Å². The van der Waals surface area contributed by atoms with Crippen molar-refractivity contribution in [2.45, 2.75) is 6.18 Å². The van der Waals surface area contributed by atoms with Gasteiger partial charge in [0.1, 0.15) is 6.54 Å². The number of carbonyl (C=O) groups is 3. The van der Waals surface area contributed by atoms with Gasteiger partial charge in [0.25, 0.3) is 5.91 Å². The number of amides is 4. The topological polar surface area (TPSA) is 100 Å². The number of alkyl halides is 3. The number of carbonyl (C=O) groups excluding carboxylic acids is 3. The SMILES string of the molecule is COc1ccc(C(=O)N2CCN(CC(=O)NC(=O)NCC(F)(F)F)CC2)cc1OC. The quantitative estimate of drug-likeness (QED) is 0.692. The molecule has 0 spiro atoms. The first-order valence-electron chi connectivity index (χ1n) is 9.01. The van der Waals surface area contributed by atoms with Crippen molar-refractivity contribution in [1.29, 1.82) is 0 Å². The number of hydrogen-bond donors (Lipinski definition) is 2. The number of methoxy groups -OCH3 is 2. The first kappa shape index (κ1) is 23.3. The Labute approximate surface area is 171 Å². The van der Waals surface area contributed by atoms with E-state index in [0.717, 1.165) is 0 Å². The lowest BCUT2D eigenvalue weighted by Gasteiger charge is -2.34. The third kappa shape index (κ3) is 6.79. The predicted molar refractivity (Wildman–Crippen MR) is 99.5 cm³/mol. The predicted octanol–water partition coefficient (Wildman–Crippen LogP) is 0.850. The summed E-state index contributed by atoms with van der Waals surface area (Å²) in [7, 11) is 2.97. The van der Waals surface area contributed by atoms with Crippen molar-refractivity contribution in [3.8, 4) is 11.5 Å². The molecule has 1 saturated heterocycles. The normalized spacial score (nSPS) is 14.8. The van der Waals surface area contributed by atoms with Crippen LogP contribution in [0.5, 0.6) is 11.5 Å². The minimum Gasteiger partial charge on any atom is -0.493 e. The summed E-state index contributed by atoms with van der Waals surface area (Å²) < 4.78 is 46.5. The van der Waals surface area contributed by atoms with Crippen molar-refractivity contribution in [3.63, 3.8) is 0 Å². The first-order valence-corrected chi connectivity index (χ1v) is 9.01. The minimum absolute atomic E-state index is 0.169.